The minimum atomic E-state index is 0.219. The van der Waals surface area contributed by atoms with Crippen LogP contribution in [0.3, 0.4) is 0 Å². The van der Waals surface area contributed by atoms with Crippen molar-refractivity contribution in [3.63, 3.8) is 0 Å². The molecule has 5 heteroatoms. The van der Waals surface area contributed by atoms with Crippen molar-refractivity contribution in [3.05, 3.63) is 133 Å². The summed E-state index contributed by atoms with van der Waals surface area (Å²) >= 11 is 0. The predicted octanol–water partition coefficient (Wildman–Crippen LogP) is 11.6. The number of aromatic nitrogens is 2. The number of rotatable bonds is 2. The molecule has 0 bridgehead atoms. The maximum atomic E-state index is 6.56. The summed E-state index contributed by atoms with van der Waals surface area (Å²) in [6.45, 7) is 0. The first-order valence-electron chi connectivity index (χ1n) is 17.1. The zero-order chi connectivity index (χ0) is 31.8. The molecule has 0 radical (unpaired) electrons. The third-order valence-electron chi connectivity index (χ3n) is 10.9. The smallest absolute Gasteiger partial charge is 0.138 e. The van der Waals surface area contributed by atoms with Crippen LogP contribution in [0.25, 0.3) is 87.8 Å². The molecule has 0 fully saturated rings. The van der Waals surface area contributed by atoms with Crippen molar-refractivity contribution < 1.29 is 4.42 Å². The number of nitrogens with zero attached hydrogens (tertiary/aromatic N) is 3. The second-order valence-corrected chi connectivity index (χ2v) is 13.5. The van der Waals surface area contributed by atoms with Crippen LogP contribution in [-0.2, 0) is 0 Å². The van der Waals surface area contributed by atoms with Gasteiger partial charge in [-0.3, -0.25) is 4.40 Å². The topological polar surface area (TPSA) is 46.9 Å². The quantitative estimate of drug-likeness (QED) is 0.207. The van der Waals surface area contributed by atoms with Crippen molar-refractivity contribution >= 4 is 88.2 Å². The number of para-hydroxylation sites is 3. The van der Waals surface area contributed by atoms with Crippen molar-refractivity contribution in [2.24, 2.45) is 4.99 Å². The van der Waals surface area contributed by atoms with Gasteiger partial charge in [0.2, 0.25) is 0 Å². The molecule has 4 aromatic heterocycles. The number of aliphatic imine (C=N–C) groups is 1. The number of anilines is 1. The Kier molecular flexibility index (Phi) is 4.82. The van der Waals surface area contributed by atoms with Crippen LogP contribution in [0.5, 0.6) is 0 Å². The zero-order valence-electron chi connectivity index (χ0n) is 26.4. The van der Waals surface area contributed by atoms with E-state index in [1.165, 1.54) is 60.1 Å². The fraction of sp³-hybridized carbons (Fsp3) is 0.0682. The molecule has 1 atom stereocenters. The lowest BCUT2D eigenvalue weighted by atomic mass is 9.97. The highest BCUT2D eigenvalue weighted by Gasteiger charge is 2.31. The van der Waals surface area contributed by atoms with Crippen molar-refractivity contribution in [1.29, 1.82) is 0 Å². The first kappa shape index (κ1) is 25.7. The number of nitrogens with one attached hydrogen (secondary N) is 1. The number of furan rings is 1. The Morgan fingerprint density at radius 2 is 1.43 bits per heavy atom. The van der Waals surface area contributed by atoms with Crippen LogP contribution in [0.1, 0.15) is 12.8 Å². The molecule has 1 N–H and O–H groups in total. The van der Waals surface area contributed by atoms with Gasteiger partial charge in [-0.05, 0) is 78.6 Å². The summed E-state index contributed by atoms with van der Waals surface area (Å²) in [5.74, 6) is 1.08. The average molecular weight is 629 g/mol. The van der Waals surface area contributed by atoms with E-state index in [4.69, 9.17) is 9.41 Å². The highest BCUT2D eigenvalue weighted by Crippen LogP contribution is 2.51. The normalized spacial score (nSPS) is 16.0. The second kappa shape index (κ2) is 9.18. The van der Waals surface area contributed by atoms with Gasteiger partial charge in [0.05, 0.1) is 33.8 Å². The van der Waals surface area contributed by atoms with E-state index in [2.05, 4.69) is 142 Å². The monoisotopic (exact) mass is 628 g/mol. The Bertz CT molecular complexity index is 3080. The highest BCUT2D eigenvalue weighted by molar-refractivity contribution is 6.34. The van der Waals surface area contributed by atoms with E-state index in [1.54, 1.807) is 0 Å². The van der Waals surface area contributed by atoms with Gasteiger partial charge in [0.25, 0.3) is 0 Å². The van der Waals surface area contributed by atoms with Crippen molar-refractivity contribution in [2.75, 3.05) is 5.32 Å². The second-order valence-electron chi connectivity index (χ2n) is 13.5. The van der Waals surface area contributed by atoms with E-state index in [0.717, 1.165) is 57.7 Å². The molecule has 5 heterocycles. The summed E-state index contributed by atoms with van der Waals surface area (Å²) in [7, 11) is 0. The van der Waals surface area contributed by atoms with Crippen LogP contribution in [0.2, 0.25) is 0 Å². The molecule has 0 saturated carbocycles. The molecule has 12 rings (SSSR count). The molecule has 1 unspecified atom stereocenters. The molecule has 2 aliphatic rings. The molecule has 1 aliphatic carbocycles. The van der Waals surface area contributed by atoms with Gasteiger partial charge in [-0.25, -0.2) is 4.99 Å². The van der Waals surface area contributed by atoms with E-state index >= 15 is 0 Å². The van der Waals surface area contributed by atoms with E-state index in [-0.39, 0.29) is 6.04 Å². The summed E-state index contributed by atoms with van der Waals surface area (Å²) < 4.78 is 11.4. The van der Waals surface area contributed by atoms with E-state index < -0.39 is 0 Å². The summed E-state index contributed by atoms with van der Waals surface area (Å²) in [6, 6.07) is 44.1. The Morgan fingerprint density at radius 1 is 0.633 bits per heavy atom. The molecule has 0 saturated heterocycles. The fourth-order valence-electron chi connectivity index (χ4n) is 8.79. The maximum Gasteiger partial charge on any atom is 0.138 e. The fourth-order valence-corrected chi connectivity index (χ4v) is 8.79. The van der Waals surface area contributed by atoms with Crippen molar-refractivity contribution in [3.8, 4) is 16.8 Å². The summed E-state index contributed by atoms with van der Waals surface area (Å²) in [4.78, 5) is 5.27. The van der Waals surface area contributed by atoms with Crippen LogP contribution in [0, 0.1) is 0 Å². The lowest BCUT2D eigenvalue weighted by Crippen LogP contribution is -2.32. The SMILES string of the molecule is C1=CC2=Nc3c(n4c5ccc(-c6ccc7c8ccccc8n(-c8ccccc8)c7c6)cc5c5c6c(cc3c54)oc3ccccc36)NC2CC1. The van der Waals surface area contributed by atoms with Gasteiger partial charge >= 0.3 is 0 Å². The Hall–Kier alpha value is -6.33. The van der Waals surface area contributed by atoms with Gasteiger partial charge in [0.15, 0.2) is 0 Å². The number of allylic oxidation sites excluding steroid dienone is 1. The average Bonchev–Trinajstić information content (AvgIpc) is 3.88. The van der Waals surface area contributed by atoms with Crippen LogP contribution >= 0.6 is 0 Å². The molecular formula is C44H28N4O. The maximum absolute atomic E-state index is 6.56. The summed E-state index contributed by atoms with van der Waals surface area (Å²) in [5.41, 5.74) is 12.3. The lowest BCUT2D eigenvalue weighted by molar-refractivity contribution is 0.669. The third kappa shape index (κ3) is 3.31. The first-order valence-corrected chi connectivity index (χ1v) is 17.1. The van der Waals surface area contributed by atoms with Gasteiger partial charge in [-0.15, -0.1) is 0 Å². The van der Waals surface area contributed by atoms with Crippen LogP contribution in [0.15, 0.2) is 143 Å². The molecule has 5 nitrogen and oxygen atoms in total. The van der Waals surface area contributed by atoms with E-state index in [1.807, 2.05) is 6.07 Å². The molecule has 6 aromatic carbocycles. The third-order valence-corrected chi connectivity index (χ3v) is 10.9. The van der Waals surface area contributed by atoms with Crippen molar-refractivity contribution in [1.82, 2.24) is 8.97 Å². The Balaban J connectivity index is 1.17. The molecule has 0 amide bonds. The number of hydrogen-bond donors (Lipinski definition) is 1. The molecule has 10 aromatic rings. The van der Waals surface area contributed by atoms with Crippen LogP contribution < -0.4 is 5.32 Å². The highest BCUT2D eigenvalue weighted by atomic mass is 16.3. The number of benzene rings is 6. The summed E-state index contributed by atoms with van der Waals surface area (Å²) in [6.07, 6.45) is 6.53. The number of hydrogen-bond acceptors (Lipinski definition) is 3. The van der Waals surface area contributed by atoms with Gasteiger partial charge in [0.1, 0.15) is 22.7 Å². The van der Waals surface area contributed by atoms with Crippen LogP contribution in [0.4, 0.5) is 11.5 Å². The molecular weight excluding hydrogens is 601 g/mol. The number of fused-ring (bicyclic) bond motifs is 14. The van der Waals surface area contributed by atoms with Gasteiger partial charge in [-0.2, -0.15) is 0 Å². The van der Waals surface area contributed by atoms with Gasteiger partial charge < -0.3 is 14.3 Å². The van der Waals surface area contributed by atoms with Crippen LogP contribution in [-0.4, -0.2) is 20.7 Å². The Labute approximate surface area is 280 Å². The first-order chi connectivity index (χ1) is 24.3. The lowest BCUT2D eigenvalue weighted by Gasteiger charge is -2.26. The Morgan fingerprint density at radius 3 is 2.37 bits per heavy atom. The zero-order valence-corrected chi connectivity index (χ0v) is 26.4. The largest absolute Gasteiger partial charge is 0.456 e. The minimum Gasteiger partial charge on any atom is -0.456 e. The molecule has 1 aliphatic heterocycles. The predicted molar refractivity (Wildman–Crippen MR) is 204 cm³/mol. The minimum absolute atomic E-state index is 0.219. The summed E-state index contributed by atoms with van der Waals surface area (Å²) in [5, 5.41) is 12.3. The molecule has 49 heavy (non-hydrogen) atoms. The van der Waals surface area contributed by atoms with Gasteiger partial charge in [-0.1, -0.05) is 78.9 Å². The molecule has 0 spiro atoms. The van der Waals surface area contributed by atoms with E-state index in [0.29, 0.717) is 0 Å². The molecule has 230 valence electrons. The standard InChI is InChI=1S/C44H28N4O/c1-2-10-27(11-3-1)47-35-16-8-4-12-28(35)29-20-18-26(23-37(29)47)25-19-21-36-31(22-25)41-40-30-13-5-9-17-38(30)49-39(40)24-32-42-44(48(36)43(32)41)46-34-15-7-6-14-33(34)45-42/h1-6,8-14,16-24,34,46H,7,15H2. The van der Waals surface area contributed by atoms with Crippen molar-refractivity contribution in [2.45, 2.75) is 18.9 Å². The van der Waals surface area contributed by atoms with Gasteiger partial charge in [0, 0.05) is 43.4 Å². The van der Waals surface area contributed by atoms with E-state index in [9.17, 15) is 0 Å².